The Balaban J connectivity index is 2.31. The van der Waals surface area contributed by atoms with Crippen molar-refractivity contribution in [1.82, 2.24) is 10.2 Å². The maximum Gasteiger partial charge on any atom is 0.118 e. The Morgan fingerprint density at radius 1 is 1.15 bits per heavy atom. The molecule has 4 heteroatoms. The molecule has 0 radical (unpaired) electrons. The topological polar surface area (TPSA) is 25.8 Å². The number of alkyl halides is 1. The highest BCUT2D eigenvalue weighted by atomic mass is 35.5. The first-order valence-corrected chi connectivity index (χ1v) is 6.09. The van der Waals surface area contributed by atoms with E-state index < -0.39 is 0 Å². The lowest BCUT2D eigenvalue weighted by molar-refractivity contribution is 0.709. The van der Waals surface area contributed by atoms with Crippen molar-refractivity contribution in [2.24, 2.45) is 0 Å². The minimum atomic E-state index is 0.642. The van der Waals surface area contributed by atoms with Gasteiger partial charge in [0.15, 0.2) is 0 Å². The number of nitrogens with zero attached hydrogens (tertiary/aromatic N) is 2. The molecule has 1 aromatic rings. The molecule has 0 aliphatic carbocycles. The molecule has 0 saturated carbocycles. The molecule has 0 fully saturated rings. The predicted octanol–water partition coefficient (Wildman–Crippen LogP) is 3.05. The number of hydrogen-bond acceptors (Lipinski definition) is 3. The summed E-state index contributed by atoms with van der Waals surface area (Å²) in [6.45, 7) is 2.21. The number of rotatable bonds is 6. The van der Waals surface area contributed by atoms with Gasteiger partial charge in [-0.25, -0.2) is 0 Å². The second-order valence-corrected chi connectivity index (χ2v) is 4.51. The molecule has 1 aromatic heterocycles. The minimum Gasteiger partial charge on any atom is -0.144 e. The molecule has 0 spiro atoms. The van der Waals surface area contributed by atoms with Crippen LogP contribution in [0.2, 0.25) is 0 Å². The fraction of sp³-hybridized carbons (Fsp3) is 0.778. The van der Waals surface area contributed by atoms with Gasteiger partial charge in [0, 0.05) is 18.7 Å². The molecule has 0 unspecified atom stereocenters. The van der Waals surface area contributed by atoms with Gasteiger partial charge in [0.25, 0.3) is 0 Å². The SMILES string of the molecule is CCCCCc1nnc(CCCl)s1. The second-order valence-electron chi connectivity index (χ2n) is 2.99. The molecule has 13 heavy (non-hydrogen) atoms. The van der Waals surface area contributed by atoms with Crippen molar-refractivity contribution in [3.63, 3.8) is 0 Å². The second kappa shape index (κ2) is 6.33. The molecule has 0 aliphatic heterocycles. The van der Waals surface area contributed by atoms with Gasteiger partial charge >= 0.3 is 0 Å². The van der Waals surface area contributed by atoms with Crippen LogP contribution in [0.5, 0.6) is 0 Å². The van der Waals surface area contributed by atoms with Crippen molar-refractivity contribution in [2.45, 2.75) is 39.0 Å². The predicted molar refractivity (Wildman–Crippen MR) is 57.6 cm³/mol. The zero-order valence-electron chi connectivity index (χ0n) is 7.92. The summed E-state index contributed by atoms with van der Waals surface area (Å²) in [5.41, 5.74) is 0. The van der Waals surface area contributed by atoms with Crippen LogP contribution in [-0.4, -0.2) is 16.1 Å². The smallest absolute Gasteiger partial charge is 0.118 e. The van der Waals surface area contributed by atoms with Crippen molar-refractivity contribution >= 4 is 22.9 Å². The number of aromatic nitrogens is 2. The lowest BCUT2D eigenvalue weighted by Gasteiger charge is -1.92. The van der Waals surface area contributed by atoms with E-state index >= 15 is 0 Å². The van der Waals surface area contributed by atoms with E-state index in [-0.39, 0.29) is 0 Å². The molecule has 0 N–H and O–H groups in total. The summed E-state index contributed by atoms with van der Waals surface area (Å²) in [4.78, 5) is 0. The lowest BCUT2D eigenvalue weighted by Crippen LogP contribution is -1.84. The van der Waals surface area contributed by atoms with Crippen LogP contribution in [0.1, 0.15) is 36.2 Å². The lowest BCUT2D eigenvalue weighted by atomic mass is 10.2. The third-order valence-electron chi connectivity index (χ3n) is 1.81. The van der Waals surface area contributed by atoms with Crippen molar-refractivity contribution in [3.05, 3.63) is 10.0 Å². The van der Waals surface area contributed by atoms with Crippen molar-refractivity contribution in [3.8, 4) is 0 Å². The molecule has 0 aromatic carbocycles. The zero-order valence-corrected chi connectivity index (χ0v) is 9.50. The van der Waals surface area contributed by atoms with E-state index in [1.165, 1.54) is 19.3 Å². The highest BCUT2D eigenvalue weighted by Crippen LogP contribution is 2.13. The summed E-state index contributed by atoms with van der Waals surface area (Å²) in [5.74, 6) is 0.642. The zero-order chi connectivity index (χ0) is 9.52. The Kier molecular flexibility index (Phi) is 5.32. The molecular weight excluding hydrogens is 204 g/mol. The summed E-state index contributed by atoms with van der Waals surface area (Å²) in [5, 5.41) is 10.4. The van der Waals surface area contributed by atoms with E-state index in [0.29, 0.717) is 5.88 Å². The van der Waals surface area contributed by atoms with Gasteiger partial charge in [0.1, 0.15) is 10.0 Å². The fourth-order valence-electron chi connectivity index (χ4n) is 1.10. The van der Waals surface area contributed by atoms with Crippen LogP contribution in [0.4, 0.5) is 0 Å². The Morgan fingerprint density at radius 3 is 2.46 bits per heavy atom. The van der Waals surface area contributed by atoms with E-state index in [0.717, 1.165) is 22.9 Å². The Morgan fingerprint density at radius 2 is 1.85 bits per heavy atom. The van der Waals surface area contributed by atoms with Gasteiger partial charge in [0.2, 0.25) is 0 Å². The van der Waals surface area contributed by atoms with Crippen molar-refractivity contribution < 1.29 is 0 Å². The summed E-state index contributed by atoms with van der Waals surface area (Å²) in [6, 6.07) is 0. The van der Waals surface area contributed by atoms with Crippen molar-refractivity contribution in [2.75, 3.05) is 5.88 Å². The quantitative estimate of drug-likeness (QED) is 0.542. The van der Waals surface area contributed by atoms with Gasteiger partial charge in [0.05, 0.1) is 0 Å². The fourth-order valence-corrected chi connectivity index (χ4v) is 2.27. The normalized spacial score (nSPS) is 10.6. The number of halogens is 1. The van der Waals surface area contributed by atoms with E-state index in [4.69, 9.17) is 11.6 Å². The van der Waals surface area contributed by atoms with Gasteiger partial charge in [-0.2, -0.15) is 0 Å². The Hall–Kier alpha value is -0.150. The van der Waals surface area contributed by atoms with E-state index in [2.05, 4.69) is 17.1 Å². The van der Waals surface area contributed by atoms with E-state index in [9.17, 15) is 0 Å². The molecule has 0 atom stereocenters. The van der Waals surface area contributed by atoms with Gasteiger partial charge in [-0.15, -0.1) is 33.1 Å². The Bertz CT molecular complexity index is 237. The average molecular weight is 219 g/mol. The van der Waals surface area contributed by atoms with Crippen LogP contribution in [0.25, 0.3) is 0 Å². The molecule has 1 rings (SSSR count). The first kappa shape index (κ1) is 10.9. The summed E-state index contributed by atoms with van der Waals surface area (Å²) < 4.78 is 0. The number of hydrogen-bond donors (Lipinski definition) is 0. The van der Waals surface area contributed by atoms with Crippen LogP contribution in [0.15, 0.2) is 0 Å². The molecule has 0 saturated heterocycles. The monoisotopic (exact) mass is 218 g/mol. The molecule has 0 aliphatic rings. The third kappa shape index (κ3) is 4.05. The molecule has 2 nitrogen and oxygen atoms in total. The molecule has 1 heterocycles. The maximum absolute atomic E-state index is 5.61. The highest BCUT2D eigenvalue weighted by molar-refractivity contribution is 7.11. The van der Waals surface area contributed by atoms with Gasteiger partial charge in [-0.05, 0) is 6.42 Å². The van der Waals surface area contributed by atoms with E-state index in [1.807, 2.05) is 0 Å². The Labute approximate surface area is 88.3 Å². The number of aryl methyl sites for hydroxylation is 2. The molecular formula is C9H15ClN2S. The summed E-state index contributed by atoms with van der Waals surface area (Å²) in [6.07, 6.45) is 5.70. The van der Waals surface area contributed by atoms with E-state index in [1.54, 1.807) is 11.3 Å². The molecule has 0 bridgehead atoms. The van der Waals surface area contributed by atoms with Crippen molar-refractivity contribution in [1.29, 1.82) is 0 Å². The minimum absolute atomic E-state index is 0.642. The largest absolute Gasteiger partial charge is 0.144 e. The highest BCUT2D eigenvalue weighted by Gasteiger charge is 2.02. The molecule has 74 valence electrons. The van der Waals surface area contributed by atoms with Crippen LogP contribution in [0.3, 0.4) is 0 Å². The molecule has 0 amide bonds. The van der Waals surface area contributed by atoms with Crippen LogP contribution < -0.4 is 0 Å². The number of unbranched alkanes of at least 4 members (excludes halogenated alkanes) is 2. The first-order valence-electron chi connectivity index (χ1n) is 4.74. The van der Waals surface area contributed by atoms with Gasteiger partial charge in [-0.3, -0.25) is 0 Å². The first-order chi connectivity index (χ1) is 6.36. The summed E-state index contributed by atoms with van der Waals surface area (Å²) in [7, 11) is 0. The maximum atomic E-state index is 5.61. The van der Waals surface area contributed by atoms with Crippen LogP contribution >= 0.6 is 22.9 Å². The summed E-state index contributed by atoms with van der Waals surface area (Å²) >= 11 is 7.31. The van der Waals surface area contributed by atoms with Gasteiger partial charge < -0.3 is 0 Å². The van der Waals surface area contributed by atoms with Crippen LogP contribution in [0, 0.1) is 0 Å². The van der Waals surface area contributed by atoms with Crippen LogP contribution in [-0.2, 0) is 12.8 Å². The average Bonchev–Trinajstić information content (AvgIpc) is 2.54. The van der Waals surface area contributed by atoms with Gasteiger partial charge in [-0.1, -0.05) is 19.8 Å². The standard InChI is InChI=1S/C9H15ClN2S/c1-2-3-4-5-8-11-12-9(13-8)6-7-10/h2-7H2,1H3. The third-order valence-corrected chi connectivity index (χ3v) is 3.04.